The summed E-state index contributed by atoms with van der Waals surface area (Å²) in [4.78, 5) is 24.0. The first-order chi connectivity index (χ1) is 8.59. The smallest absolute Gasteiger partial charge is 0.273 e. The summed E-state index contributed by atoms with van der Waals surface area (Å²) in [5.74, 6) is -0.416. The fourth-order valence-electron chi connectivity index (χ4n) is 2.61. The van der Waals surface area contributed by atoms with Crippen molar-refractivity contribution < 1.29 is 14.9 Å². The molecule has 0 bridgehead atoms. The second-order valence-electron chi connectivity index (χ2n) is 4.43. The van der Waals surface area contributed by atoms with Crippen molar-refractivity contribution in [1.29, 1.82) is 0 Å². The molecule has 2 aliphatic rings. The van der Waals surface area contributed by atoms with Crippen LogP contribution in [0.25, 0.3) is 0 Å². The molecule has 1 aromatic carbocycles. The molecular weight excluding hydrogens is 238 g/mol. The van der Waals surface area contributed by atoms with Crippen molar-refractivity contribution in [2.24, 2.45) is 0 Å². The first-order valence-electron chi connectivity index (χ1n) is 5.67. The Morgan fingerprint density at radius 3 is 2.89 bits per heavy atom. The Balaban J connectivity index is 2.14. The highest BCUT2D eigenvalue weighted by molar-refractivity contribution is 6.04. The SMILES string of the molecule is O=C1C2CCCN2c2ccc([N+](=O)[O-])cc2N1O. The zero-order valence-electron chi connectivity index (χ0n) is 9.44. The van der Waals surface area contributed by atoms with Gasteiger partial charge in [0.1, 0.15) is 11.7 Å². The number of benzene rings is 1. The Labute approximate surface area is 102 Å². The minimum atomic E-state index is -0.547. The van der Waals surface area contributed by atoms with Gasteiger partial charge in [-0.05, 0) is 18.9 Å². The van der Waals surface area contributed by atoms with E-state index in [4.69, 9.17) is 0 Å². The lowest BCUT2D eigenvalue weighted by molar-refractivity contribution is -0.384. The number of fused-ring (bicyclic) bond motifs is 3. The highest BCUT2D eigenvalue weighted by Gasteiger charge is 2.41. The van der Waals surface area contributed by atoms with Gasteiger partial charge in [0, 0.05) is 18.7 Å². The molecule has 2 heterocycles. The van der Waals surface area contributed by atoms with Crippen LogP contribution >= 0.6 is 0 Å². The van der Waals surface area contributed by atoms with Gasteiger partial charge in [-0.1, -0.05) is 0 Å². The van der Waals surface area contributed by atoms with E-state index in [0.29, 0.717) is 17.2 Å². The van der Waals surface area contributed by atoms with Gasteiger partial charge in [-0.2, -0.15) is 5.06 Å². The van der Waals surface area contributed by atoms with E-state index >= 15 is 0 Å². The monoisotopic (exact) mass is 249 g/mol. The Hall–Kier alpha value is -2.15. The third-order valence-corrected chi connectivity index (χ3v) is 3.45. The maximum Gasteiger partial charge on any atom is 0.273 e. The van der Waals surface area contributed by atoms with Gasteiger partial charge in [0.15, 0.2) is 0 Å². The number of nitro benzene ring substituents is 1. The van der Waals surface area contributed by atoms with Crippen molar-refractivity contribution in [2.45, 2.75) is 18.9 Å². The highest BCUT2D eigenvalue weighted by atomic mass is 16.6. The van der Waals surface area contributed by atoms with Gasteiger partial charge in [-0.15, -0.1) is 0 Å². The van der Waals surface area contributed by atoms with Gasteiger partial charge in [0.25, 0.3) is 11.6 Å². The third kappa shape index (κ3) is 1.37. The molecule has 0 radical (unpaired) electrons. The first-order valence-corrected chi connectivity index (χ1v) is 5.67. The molecule has 1 atom stereocenters. The summed E-state index contributed by atoms with van der Waals surface area (Å²) in [5.41, 5.74) is 0.718. The number of carbonyl (C=O) groups excluding carboxylic acids is 1. The van der Waals surface area contributed by atoms with Gasteiger partial charge < -0.3 is 4.90 Å². The van der Waals surface area contributed by atoms with Gasteiger partial charge in [0.05, 0.1) is 10.6 Å². The van der Waals surface area contributed by atoms with Crippen molar-refractivity contribution in [2.75, 3.05) is 16.5 Å². The van der Waals surface area contributed by atoms with Gasteiger partial charge in [-0.25, -0.2) is 0 Å². The number of carbonyl (C=O) groups is 1. The fourth-order valence-corrected chi connectivity index (χ4v) is 2.61. The molecule has 0 saturated carbocycles. The molecule has 1 unspecified atom stereocenters. The second-order valence-corrected chi connectivity index (χ2v) is 4.43. The fraction of sp³-hybridized carbons (Fsp3) is 0.364. The number of hydrogen-bond donors (Lipinski definition) is 1. The van der Waals surface area contributed by atoms with Crippen molar-refractivity contribution in [3.63, 3.8) is 0 Å². The maximum absolute atomic E-state index is 11.9. The van der Waals surface area contributed by atoms with E-state index in [1.54, 1.807) is 6.07 Å². The van der Waals surface area contributed by atoms with Crippen LogP contribution in [0.5, 0.6) is 0 Å². The van der Waals surface area contributed by atoms with Crippen LogP contribution in [0.15, 0.2) is 18.2 Å². The Morgan fingerprint density at radius 2 is 2.17 bits per heavy atom. The van der Waals surface area contributed by atoms with Crippen LogP contribution in [0.2, 0.25) is 0 Å². The minimum Gasteiger partial charge on any atom is -0.358 e. The molecule has 1 fully saturated rings. The van der Waals surface area contributed by atoms with Crippen LogP contribution in [0, 0.1) is 10.1 Å². The number of rotatable bonds is 1. The van der Waals surface area contributed by atoms with Gasteiger partial charge in [0.2, 0.25) is 0 Å². The predicted octanol–water partition coefficient (Wildman–Crippen LogP) is 1.30. The molecule has 0 spiro atoms. The molecule has 0 aliphatic carbocycles. The van der Waals surface area contributed by atoms with Crippen LogP contribution in [0.3, 0.4) is 0 Å². The summed E-state index contributed by atoms with van der Waals surface area (Å²) in [6.07, 6.45) is 1.58. The maximum atomic E-state index is 11.9. The van der Waals surface area contributed by atoms with E-state index in [1.807, 2.05) is 4.90 Å². The molecule has 18 heavy (non-hydrogen) atoms. The minimum absolute atomic E-state index is 0.141. The first kappa shape index (κ1) is 11.0. The van der Waals surface area contributed by atoms with Gasteiger partial charge in [-0.3, -0.25) is 20.1 Å². The molecule has 3 rings (SSSR count). The Kier molecular flexibility index (Phi) is 2.24. The van der Waals surface area contributed by atoms with Crippen molar-refractivity contribution >= 4 is 23.0 Å². The van der Waals surface area contributed by atoms with Crippen LogP contribution < -0.4 is 9.96 Å². The van der Waals surface area contributed by atoms with Crippen LogP contribution in [-0.2, 0) is 4.79 Å². The third-order valence-electron chi connectivity index (χ3n) is 3.45. The quantitative estimate of drug-likeness (QED) is 0.460. The standard InChI is InChI=1S/C11H11N3O4/c15-11-9-2-1-5-12(9)8-4-3-7(14(17)18)6-10(8)13(11)16/h3-4,6,9,16H,1-2,5H2. The Morgan fingerprint density at radius 1 is 1.39 bits per heavy atom. The number of anilines is 2. The molecule has 1 aromatic rings. The normalized spacial score (nSPS) is 21.8. The Bertz CT molecular complexity index is 545. The molecular formula is C11H11N3O4. The average molecular weight is 249 g/mol. The summed E-state index contributed by atoms with van der Waals surface area (Å²) >= 11 is 0. The molecule has 1 N–H and O–H groups in total. The second kappa shape index (κ2) is 3.67. The summed E-state index contributed by atoms with van der Waals surface area (Å²) in [6, 6.07) is 3.85. The molecule has 0 aromatic heterocycles. The lowest BCUT2D eigenvalue weighted by Crippen LogP contribution is -2.49. The molecule has 7 heteroatoms. The summed E-state index contributed by atoms with van der Waals surface area (Å²) in [6.45, 7) is 0.731. The van der Waals surface area contributed by atoms with E-state index in [-0.39, 0.29) is 17.4 Å². The number of hydrogen-bond acceptors (Lipinski definition) is 5. The largest absolute Gasteiger partial charge is 0.358 e. The van der Waals surface area contributed by atoms with Crippen molar-refractivity contribution in [3.8, 4) is 0 Å². The number of amides is 1. The zero-order chi connectivity index (χ0) is 12.9. The molecule has 1 saturated heterocycles. The van der Waals surface area contributed by atoms with E-state index in [0.717, 1.165) is 13.0 Å². The summed E-state index contributed by atoms with van der Waals surface area (Å²) in [5, 5.41) is 21.1. The van der Waals surface area contributed by atoms with Crippen LogP contribution in [0.4, 0.5) is 17.1 Å². The number of non-ortho nitro benzene ring substituents is 1. The molecule has 94 valence electrons. The van der Waals surface area contributed by atoms with Gasteiger partial charge >= 0.3 is 0 Å². The predicted molar refractivity (Wildman–Crippen MR) is 62.7 cm³/mol. The lowest BCUT2D eigenvalue weighted by Gasteiger charge is -2.35. The summed E-state index contributed by atoms with van der Waals surface area (Å²) < 4.78 is 0. The highest BCUT2D eigenvalue weighted by Crippen LogP contribution is 2.40. The van der Waals surface area contributed by atoms with Crippen LogP contribution in [0.1, 0.15) is 12.8 Å². The van der Waals surface area contributed by atoms with Crippen LogP contribution in [-0.4, -0.2) is 28.6 Å². The lowest BCUT2D eigenvalue weighted by atomic mass is 10.1. The zero-order valence-corrected chi connectivity index (χ0v) is 9.44. The molecule has 1 amide bonds. The molecule has 2 aliphatic heterocycles. The number of nitrogens with zero attached hydrogens (tertiary/aromatic N) is 3. The van der Waals surface area contributed by atoms with E-state index < -0.39 is 10.8 Å². The number of nitro groups is 1. The summed E-state index contributed by atoms with van der Waals surface area (Å²) in [7, 11) is 0. The van der Waals surface area contributed by atoms with Crippen molar-refractivity contribution in [3.05, 3.63) is 28.3 Å². The average Bonchev–Trinajstić information content (AvgIpc) is 2.84. The van der Waals surface area contributed by atoms with E-state index in [9.17, 15) is 20.1 Å². The van der Waals surface area contributed by atoms with Crippen molar-refractivity contribution in [1.82, 2.24) is 0 Å². The van der Waals surface area contributed by atoms with E-state index in [1.165, 1.54) is 12.1 Å². The number of hydroxylamine groups is 1. The topological polar surface area (TPSA) is 86.9 Å². The molecule has 7 nitrogen and oxygen atoms in total. The van der Waals surface area contributed by atoms with E-state index in [2.05, 4.69) is 0 Å².